The maximum Gasteiger partial charge on any atom is 0.358 e. The number of carboxylic acids is 1. The lowest BCUT2D eigenvalue weighted by Crippen LogP contribution is -2.54. The molecule has 2 rings (SSSR count). The van der Waals surface area contributed by atoms with Gasteiger partial charge in [0.05, 0.1) is 6.20 Å². The molecule has 1 fully saturated rings. The summed E-state index contributed by atoms with van der Waals surface area (Å²) < 4.78 is 1.03. The number of rotatable bonds is 3. The third kappa shape index (κ3) is 2.91. The maximum absolute atomic E-state index is 11.8. The number of aromatic nitrogens is 3. The number of carbonyl (C=O) groups is 4. The lowest BCUT2D eigenvalue weighted by Gasteiger charge is -2.25. The van der Waals surface area contributed by atoms with Crippen LogP contribution in [0.15, 0.2) is 6.20 Å². The first kappa shape index (κ1) is 12.7. The van der Waals surface area contributed by atoms with E-state index in [4.69, 9.17) is 5.11 Å². The van der Waals surface area contributed by atoms with E-state index in [0.717, 1.165) is 15.8 Å². The predicted octanol–water partition coefficient (Wildman–Crippen LogP) is -2.54. The molecule has 0 saturated carbocycles. The number of aromatic carboxylic acids is 1. The van der Waals surface area contributed by atoms with Crippen LogP contribution in [0.3, 0.4) is 0 Å². The second-order valence-electron chi connectivity index (χ2n) is 3.83. The van der Waals surface area contributed by atoms with Gasteiger partial charge in [-0.05, 0) is 0 Å². The van der Waals surface area contributed by atoms with Gasteiger partial charge in [-0.25, -0.2) is 9.48 Å². The lowest BCUT2D eigenvalue weighted by atomic mass is 10.3. The molecule has 0 bridgehead atoms. The molecule has 1 saturated heterocycles. The Morgan fingerprint density at radius 3 is 2.47 bits per heavy atom. The van der Waals surface area contributed by atoms with Crippen molar-refractivity contribution >= 4 is 23.7 Å². The fourth-order valence-corrected chi connectivity index (χ4v) is 1.53. The number of carbonyl (C=O) groups excluding carboxylic acids is 3. The molecule has 19 heavy (non-hydrogen) atoms. The third-order valence-electron chi connectivity index (χ3n) is 2.36. The van der Waals surface area contributed by atoms with Crippen molar-refractivity contribution in [3.8, 4) is 0 Å². The minimum Gasteiger partial charge on any atom is -0.476 e. The molecule has 2 N–H and O–H groups in total. The molecule has 1 aromatic rings. The number of nitrogens with one attached hydrogen (secondary N) is 1. The highest BCUT2D eigenvalue weighted by Crippen LogP contribution is 1.99. The highest BCUT2D eigenvalue weighted by molar-refractivity contribution is 6.02. The minimum absolute atomic E-state index is 0.217. The van der Waals surface area contributed by atoms with Crippen molar-refractivity contribution in [1.29, 1.82) is 0 Å². The maximum atomic E-state index is 11.8. The predicted molar refractivity (Wildman–Crippen MR) is 56.7 cm³/mol. The number of carboxylic acid groups (broad SMARTS) is 1. The molecule has 0 aromatic carbocycles. The fraction of sp³-hybridized carbons (Fsp3) is 0.333. The Labute approximate surface area is 106 Å². The summed E-state index contributed by atoms with van der Waals surface area (Å²) in [4.78, 5) is 45.6. The zero-order valence-corrected chi connectivity index (χ0v) is 9.57. The van der Waals surface area contributed by atoms with Gasteiger partial charge in [-0.3, -0.25) is 19.7 Å². The summed E-state index contributed by atoms with van der Waals surface area (Å²) in [5.74, 6) is -2.90. The van der Waals surface area contributed by atoms with Crippen LogP contribution >= 0.6 is 0 Å². The van der Waals surface area contributed by atoms with Gasteiger partial charge < -0.3 is 10.0 Å². The molecule has 0 atom stereocenters. The molecule has 0 unspecified atom stereocenters. The standard InChI is InChI=1S/C9H9N5O5/c15-6-2-13(3-7(16)10-6)8(17)4-14-1-5(9(18)19)11-12-14/h1H,2-4H2,(H,18,19)(H,10,15,16). The largest absolute Gasteiger partial charge is 0.476 e. The SMILES string of the molecule is O=C1CN(C(=O)Cn2cc(C(=O)O)nn2)CC(=O)N1. The molecule has 1 aliphatic rings. The molecule has 1 aliphatic heterocycles. The Bertz CT molecular complexity index is 549. The average Bonchev–Trinajstić information content (AvgIpc) is 2.76. The van der Waals surface area contributed by atoms with Crippen molar-refractivity contribution < 1.29 is 24.3 Å². The van der Waals surface area contributed by atoms with Crippen molar-refractivity contribution in [2.24, 2.45) is 0 Å². The fourth-order valence-electron chi connectivity index (χ4n) is 1.53. The van der Waals surface area contributed by atoms with E-state index in [2.05, 4.69) is 15.6 Å². The van der Waals surface area contributed by atoms with E-state index in [-0.39, 0.29) is 25.3 Å². The monoisotopic (exact) mass is 267 g/mol. The van der Waals surface area contributed by atoms with Crippen LogP contribution in [0, 0.1) is 0 Å². The van der Waals surface area contributed by atoms with Crippen LogP contribution in [-0.2, 0) is 20.9 Å². The molecule has 0 aliphatic carbocycles. The molecule has 1 aromatic heterocycles. The van der Waals surface area contributed by atoms with Gasteiger partial charge in [-0.2, -0.15) is 0 Å². The average molecular weight is 267 g/mol. The zero-order chi connectivity index (χ0) is 14.0. The number of hydrogen-bond donors (Lipinski definition) is 2. The van der Waals surface area contributed by atoms with Gasteiger partial charge in [-0.1, -0.05) is 5.21 Å². The Morgan fingerprint density at radius 2 is 1.95 bits per heavy atom. The number of nitrogens with zero attached hydrogens (tertiary/aromatic N) is 4. The number of piperazine rings is 1. The Balaban J connectivity index is 2.01. The van der Waals surface area contributed by atoms with Gasteiger partial charge in [0.1, 0.15) is 19.6 Å². The van der Waals surface area contributed by atoms with Crippen LogP contribution in [0.5, 0.6) is 0 Å². The molecule has 10 heteroatoms. The van der Waals surface area contributed by atoms with Gasteiger partial charge in [-0.15, -0.1) is 5.10 Å². The second-order valence-corrected chi connectivity index (χ2v) is 3.83. The molecular formula is C9H9N5O5. The first-order valence-electron chi connectivity index (χ1n) is 5.19. The Kier molecular flexibility index (Phi) is 3.23. The molecule has 0 spiro atoms. The van der Waals surface area contributed by atoms with E-state index in [0.29, 0.717) is 0 Å². The van der Waals surface area contributed by atoms with Crippen LogP contribution in [-0.4, -0.2) is 61.8 Å². The van der Waals surface area contributed by atoms with Crippen LogP contribution in [0.4, 0.5) is 0 Å². The molecule has 2 heterocycles. The highest BCUT2D eigenvalue weighted by atomic mass is 16.4. The van der Waals surface area contributed by atoms with Gasteiger partial charge in [0.2, 0.25) is 17.7 Å². The number of imide groups is 1. The first-order valence-corrected chi connectivity index (χ1v) is 5.19. The summed E-state index contributed by atoms with van der Waals surface area (Å²) in [6, 6.07) is 0. The Hall–Kier alpha value is -2.78. The summed E-state index contributed by atoms with van der Waals surface area (Å²) in [7, 11) is 0. The van der Waals surface area contributed by atoms with Crippen LogP contribution in [0.25, 0.3) is 0 Å². The van der Waals surface area contributed by atoms with Crippen molar-refractivity contribution in [3.05, 3.63) is 11.9 Å². The van der Waals surface area contributed by atoms with E-state index in [1.807, 2.05) is 0 Å². The first-order chi connectivity index (χ1) is 8.95. The number of amides is 3. The van der Waals surface area contributed by atoms with E-state index in [1.54, 1.807) is 0 Å². The molecule has 100 valence electrons. The normalized spacial score (nSPS) is 15.3. The van der Waals surface area contributed by atoms with Gasteiger partial charge in [0.15, 0.2) is 5.69 Å². The van der Waals surface area contributed by atoms with E-state index in [1.165, 1.54) is 0 Å². The summed E-state index contributed by atoms with van der Waals surface area (Å²) >= 11 is 0. The zero-order valence-electron chi connectivity index (χ0n) is 9.57. The van der Waals surface area contributed by atoms with Gasteiger partial charge >= 0.3 is 5.97 Å². The third-order valence-corrected chi connectivity index (χ3v) is 2.36. The van der Waals surface area contributed by atoms with Gasteiger partial charge in [0, 0.05) is 0 Å². The minimum atomic E-state index is -1.26. The molecular weight excluding hydrogens is 258 g/mol. The van der Waals surface area contributed by atoms with E-state index in [9.17, 15) is 19.2 Å². The van der Waals surface area contributed by atoms with Crippen LogP contribution in [0.1, 0.15) is 10.5 Å². The second kappa shape index (κ2) is 4.84. The Morgan fingerprint density at radius 1 is 1.32 bits per heavy atom. The van der Waals surface area contributed by atoms with E-state index >= 15 is 0 Å². The highest BCUT2D eigenvalue weighted by Gasteiger charge is 2.26. The molecule has 3 amide bonds. The smallest absolute Gasteiger partial charge is 0.358 e. The summed E-state index contributed by atoms with van der Waals surface area (Å²) in [5.41, 5.74) is -0.291. The van der Waals surface area contributed by atoms with E-state index < -0.39 is 23.7 Å². The van der Waals surface area contributed by atoms with Gasteiger partial charge in [0.25, 0.3) is 0 Å². The van der Waals surface area contributed by atoms with Crippen molar-refractivity contribution in [2.75, 3.05) is 13.1 Å². The summed E-state index contributed by atoms with van der Waals surface area (Å²) in [6.07, 6.45) is 1.09. The topological polar surface area (TPSA) is 134 Å². The summed E-state index contributed by atoms with van der Waals surface area (Å²) in [6.45, 7) is -0.725. The lowest BCUT2D eigenvalue weighted by molar-refractivity contribution is -0.145. The van der Waals surface area contributed by atoms with Crippen LogP contribution < -0.4 is 5.32 Å². The molecule has 0 radical (unpaired) electrons. The quantitative estimate of drug-likeness (QED) is 0.576. The van der Waals surface area contributed by atoms with Crippen molar-refractivity contribution in [3.63, 3.8) is 0 Å². The van der Waals surface area contributed by atoms with Crippen molar-refractivity contribution in [2.45, 2.75) is 6.54 Å². The van der Waals surface area contributed by atoms with Crippen LogP contribution in [0.2, 0.25) is 0 Å². The summed E-state index contributed by atoms with van der Waals surface area (Å²) in [5, 5.41) is 17.5. The number of hydrogen-bond acceptors (Lipinski definition) is 6. The van der Waals surface area contributed by atoms with Crippen molar-refractivity contribution in [1.82, 2.24) is 25.2 Å². The molecule has 10 nitrogen and oxygen atoms in total.